The molecule has 0 spiro atoms. The Morgan fingerprint density at radius 3 is 2.74 bits per heavy atom. The van der Waals surface area contributed by atoms with Gasteiger partial charge in [0.1, 0.15) is 0 Å². The van der Waals surface area contributed by atoms with E-state index in [1.807, 2.05) is 7.05 Å². The van der Waals surface area contributed by atoms with Crippen molar-refractivity contribution in [3.8, 4) is 0 Å². The molecule has 106 valence electrons. The number of hydrogen-bond acceptors (Lipinski definition) is 2. The predicted molar refractivity (Wildman–Crippen MR) is 86.8 cm³/mol. The van der Waals surface area contributed by atoms with Gasteiger partial charge in [-0.2, -0.15) is 0 Å². The average Bonchev–Trinajstić information content (AvgIpc) is 2.38. The van der Waals surface area contributed by atoms with Crippen molar-refractivity contribution < 1.29 is 0 Å². The van der Waals surface area contributed by atoms with Crippen molar-refractivity contribution in [2.45, 2.75) is 45.7 Å². The minimum Gasteiger partial charge on any atom is -0.369 e. The monoisotopic (exact) mass is 324 g/mol. The molecule has 1 aromatic rings. The van der Waals surface area contributed by atoms with Gasteiger partial charge in [0.05, 0.1) is 0 Å². The zero-order valence-electron chi connectivity index (χ0n) is 12.4. The van der Waals surface area contributed by atoms with E-state index < -0.39 is 0 Å². The van der Waals surface area contributed by atoms with Crippen LogP contribution in [0.15, 0.2) is 22.7 Å². The minimum atomic E-state index is 0.384. The highest BCUT2D eigenvalue weighted by molar-refractivity contribution is 9.10. The van der Waals surface area contributed by atoms with Crippen molar-refractivity contribution in [1.82, 2.24) is 5.32 Å². The molecule has 1 fully saturated rings. The van der Waals surface area contributed by atoms with Crippen molar-refractivity contribution in [1.29, 1.82) is 0 Å². The summed E-state index contributed by atoms with van der Waals surface area (Å²) >= 11 is 3.62. The molecule has 2 nitrogen and oxygen atoms in total. The molecule has 3 atom stereocenters. The van der Waals surface area contributed by atoms with Gasteiger partial charge in [-0.3, -0.25) is 0 Å². The molecule has 0 aliphatic carbocycles. The molecule has 2 rings (SSSR count). The van der Waals surface area contributed by atoms with Gasteiger partial charge in [0.25, 0.3) is 0 Å². The lowest BCUT2D eigenvalue weighted by Gasteiger charge is -2.40. The Morgan fingerprint density at radius 2 is 2.11 bits per heavy atom. The molecule has 1 aliphatic heterocycles. The summed E-state index contributed by atoms with van der Waals surface area (Å²) in [5, 5.41) is 3.36. The Kier molecular flexibility index (Phi) is 4.91. The maximum Gasteiger partial charge on any atom is 0.0428 e. The van der Waals surface area contributed by atoms with Gasteiger partial charge in [-0.1, -0.05) is 28.9 Å². The van der Waals surface area contributed by atoms with Crippen LogP contribution in [0.5, 0.6) is 0 Å². The molecule has 1 aromatic carbocycles. The largest absolute Gasteiger partial charge is 0.369 e. The smallest absolute Gasteiger partial charge is 0.0428 e. The van der Waals surface area contributed by atoms with E-state index in [4.69, 9.17) is 0 Å². The van der Waals surface area contributed by atoms with E-state index in [0.717, 1.165) is 5.92 Å². The number of hydrogen-bond donors (Lipinski definition) is 1. The molecule has 1 aliphatic rings. The summed E-state index contributed by atoms with van der Waals surface area (Å²) in [7, 11) is 2.03. The predicted octanol–water partition coefficient (Wildman–Crippen LogP) is 4.35. The lowest BCUT2D eigenvalue weighted by molar-refractivity contribution is 0.377. The van der Waals surface area contributed by atoms with Crippen LogP contribution in [0.2, 0.25) is 0 Å². The number of piperidine rings is 1. The zero-order chi connectivity index (χ0) is 14.0. The van der Waals surface area contributed by atoms with Gasteiger partial charge in [-0.15, -0.1) is 0 Å². The van der Waals surface area contributed by atoms with Crippen LogP contribution in [-0.2, 0) is 0 Å². The number of benzene rings is 1. The Balaban J connectivity index is 2.34. The van der Waals surface area contributed by atoms with Gasteiger partial charge >= 0.3 is 0 Å². The number of anilines is 1. The molecule has 1 saturated heterocycles. The van der Waals surface area contributed by atoms with E-state index in [9.17, 15) is 0 Å². The molecule has 0 saturated carbocycles. The third-order valence-corrected chi connectivity index (χ3v) is 4.83. The summed E-state index contributed by atoms with van der Waals surface area (Å²) in [4.78, 5) is 2.58. The van der Waals surface area contributed by atoms with E-state index in [0.29, 0.717) is 12.1 Å². The van der Waals surface area contributed by atoms with Crippen molar-refractivity contribution in [2.75, 3.05) is 18.5 Å². The highest BCUT2D eigenvalue weighted by Crippen LogP contribution is 2.34. The summed E-state index contributed by atoms with van der Waals surface area (Å²) in [5.74, 6) is 0.851. The molecule has 1 heterocycles. The molecule has 1 N–H and O–H groups in total. The van der Waals surface area contributed by atoms with Crippen LogP contribution in [0, 0.1) is 5.92 Å². The van der Waals surface area contributed by atoms with Crippen molar-refractivity contribution >= 4 is 21.6 Å². The van der Waals surface area contributed by atoms with Crippen LogP contribution >= 0.6 is 15.9 Å². The van der Waals surface area contributed by atoms with Crippen molar-refractivity contribution in [2.24, 2.45) is 5.92 Å². The molecule has 0 radical (unpaired) electrons. The van der Waals surface area contributed by atoms with Crippen LogP contribution in [-0.4, -0.2) is 19.6 Å². The second-order valence-electron chi connectivity index (χ2n) is 5.89. The first-order chi connectivity index (χ1) is 9.02. The van der Waals surface area contributed by atoms with E-state index >= 15 is 0 Å². The third kappa shape index (κ3) is 3.32. The van der Waals surface area contributed by atoms with Gasteiger partial charge < -0.3 is 10.2 Å². The third-order valence-electron chi connectivity index (χ3n) is 4.34. The Morgan fingerprint density at radius 1 is 1.37 bits per heavy atom. The number of rotatable bonds is 3. The summed E-state index contributed by atoms with van der Waals surface area (Å²) in [5.41, 5.74) is 2.78. The highest BCUT2D eigenvalue weighted by atomic mass is 79.9. The molecule has 19 heavy (non-hydrogen) atoms. The van der Waals surface area contributed by atoms with Crippen LogP contribution in [0.25, 0.3) is 0 Å². The van der Waals surface area contributed by atoms with Gasteiger partial charge in [-0.25, -0.2) is 0 Å². The maximum absolute atomic E-state index is 3.62. The second kappa shape index (κ2) is 6.27. The standard InChI is InChI=1S/C16H25BrN2/c1-11-7-8-19(12(2)9-11)16-10-14(17)5-6-15(16)13(3)18-4/h5-6,10-13,18H,7-9H2,1-4H3. The molecule has 0 aromatic heterocycles. The van der Waals surface area contributed by atoms with Gasteiger partial charge in [-0.05, 0) is 57.4 Å². The molecule has 3 unspecified atom stereocenters. The molecule has 0 bridgehead atoms. The number of nitrogens with zero attached hydrogens (tertiary/aromatic N) is 1. The van der Waals surface area contributed by atoms with Crippen LogP contribution in [0.1, 0.15) is 45.2 Å². The highest BCUT2D eigenvalue weighted by Gasteiger charge is 2.25. The van der Waals surface area contributed by atoms with E-state index in [2.05, 4.69) is 65.1 Å². The zero-order valence-corrected chi connectivity index (χ0v) is 14.0. The summed E-state index contributed by atoms with van der Waals surface area (Å²) in [6.07, 6.45) is 2.59. The summed E-state index contributed by atoms with van der Waals surface area (Å²) in [6, 6.07) is 7.67. The van der Waals surface area contributed by atoms with E-state index in [-0.39, 0.29) is 0 Å². The van der Waals surface area contributed by atoms with E-state index in [1.54, 1.807) is 0 Å². The first-order valence-corrected chi connectivity index (χ1v) is 8.05. The fourth-order valence-electron chi connectivity index (χ4n) is 3.05. The Labute approximate surface area is 125 Å². The molecular weight excluding hydrogens is 300 g/mol. The van der Waals surface area contributed by atoms with Gasteiger partial charge in [0, 0.05) is 28.8 Å². The first kappa shape index (κ1) is 14.9. The summed E-state index contributed by atoms with van der Waals surface area (Å²) < 4.78 is 1.17. The SMILES string of the molecule is CNC(C)c1ccc(Br)cc1N1CCC(C)CC1C. The van der Waals surface area contributed by atoms with Crippen molar-refractivity contribution in [3.05, 3.63) is 28.2 Å². The Bertz CT molecular complexity index is 433. The number of halogens is 1. The number of nitrogens with one attached hydrogen (secondary N) is 1. The van der Waals surface area contributed by atoms with Gasteiger partial charge in [0.15, 0.2) is 0 Å². The van der Waals surface area contributed by atoms with Crippen molar-refractivity contribution in [3.63, 3.8) is 0 Å². The van der Waals surface area contributed by atoms with Crippen LogP contribution in [0.4, 0.5) is 5.69 Å². The molecule has 3 heteroatoms. The fraction of sp³-hybridized carbons (Fsp3) is 0.625. The molecule has 0 amide bonds. The average molecular weight is 325 g/mol. The first-order valence-electron chi connectivity index (χ1n) is 7.26. The fourth-order valence-corrected chi connectivity index (χ4v) is 3.40. The van der Waals surface area contributed by atoms with Gasteiger partial charge in [0.2, 0.25) is 0 Å². The quantitative estimate of drug-likeness (QED) is 0.888. The van der Waals surface area contributed by atoms with Crippen LogP contribution in [0.3, 0.4) is 0 Å². The van der Waals surface area contributed by atoms with Crippen LogP contribution < -0.4 is 10.2 Å². The summed E-state index contributed by atoms with van der Waals surface area (Å²) in [6.45, 7) is 8.11. The lowest BCUT2D eigenvalue weighted by Crippen LogP contribution is -2.41. The lowest BCUT2D eigenvalue weighted by atomic mass is 9.92. The normalized spacial score (nSPS) is 25.4. The van der Waals surface area contributed by atoms with E-state index in [1.165, 1.54) is 35.1 Å². The minimum absolute atomic E-state index is 0.384. The maximum atomic E-state index is 3.62. The second-order valence-corrected chi connectivity index (χ2v) is 6.80. The topological polar surface area (TPSA) is 15.3 Å². The Hall–Kier alpha value is -0.540. The molecular formula is C16H25BrN2.